The van der Waals surface area contributed by atoms with Crippen LogP contribution >= 0.6 is 0 Å². The number of ether oxygens (including phenoxy) is 1. The van der Waals surface area contributed by atoms with Crippen molar-refractivity contribution in [2.24, 2.45) is 0 Å². The van der Waals surface area contributed by atoms with Crippen molar-refractivity contribution >= 4 is 23.3 Å². The molecule has 1 heterocycles. The maximum Gasteiger partial charge on any atom is 0.339 e. The van der Waals surface area contributed by atoms with Crippen LogP contribution in [0.3, 0.4) is 0 Å². The molecule has 0 spiro atoms. The van der Waals surface area contributed by atoms with Crippen LogP contribution in [0.4, 0.5) is 11.4 Å². The first kappa shape index (κ1) is 15.7. The van der Waals surface area contributed by atoms with Gasteiger partial charge in [-0.25, -0.2) is 4.79 Å². The largest absolute Gasteiger partial charge is 0.448 e. The fourth-order valence-electron chi connectivity index (χ4n) is 2.59. The minimum atomic E-state index is -1.02. The van der Waals surface area contributed by atoms with Crippen LogP contribution in [-0.2, 0) is 16.0 Å². The van der Waals surface area contributed by atoms with Gasteiger partial charge in [-0.05, 0) is 30.2 Å². The van der Waals surface area contributed by atoms with E-state index in [0.29, 0.717) is 16.7 Å². The maximum atomic E-state index is 12.4. The Kier molecular flexibility index (Phi) is 3.99. The zero-order chi connectivity index (χ0) is 17.3. The van der Waals surface area contributed by atoms with E-state index in [2.05, 4.69) is 5.32 Å². The van der Waals surface area contributed by atoms with Gasteiger partial charge in [-0.15, -0.1) is 0 Å². The van der Waals surface area contributed by atoms with E-state index in [9.17, 15) is 19.7 Å². The maximum absolute atomic E-state index is 12.4. The molecule has 0 saturated carbocycles. The lowest BCUT2D eigenvalue weighted by Crippen LogP contribution is -2.38. The van der Waals surface area contributed by atoms with Gasteiger partial charge in [0.1, 0.15) is 5.69 Å². The number of hydrogen-bond donors (Lipinski definition) is 1. The van der Waals surface area contributed by atoms with Crippen molar-refractivity contribution in [3.8, 4) is 0 Å². The van der Waals surface area contributed by atoms with Gasteiger partial charge in [0.2, 0.25) is 0 Å². The lowest BCUT2D eigenvalue weighted by atomic mass is 9.98. The molecule has 0 radical (unpaired) electrons. The van der Waals surface area contributed by atoms with Crippen molar-refractivity contribution in [1.82, 2.24) is 0 Å². The molecule has 1 aliphatic rings. The molecular weight excluding hydrogens is 312 g/mol. The van der Waals surface area contributed by atoms with Gasteiger partial charge in [0.25, 0.3) is 11.6 Å². The van der Waals surface area contributed by atoms with Gasteiger partial charge in [-0.1, -0.05) is 24.3 Å². The predicted octanol–water partition coefficient (Wildman–Crippen LogP) is 2.62. The monoisotopic (exact) mass is 326 g/mol. The number of aryl methyl sites for hydroxylation is 1. The Morgan fingerprint density at radius 3 is 2.79 bits per heavy atom. The summed E-state index contributed by atoms with van der Waals surface area (Å²) in [5.41, 5.74) is 1.73. The average Bonchev–Trinajstić information content (AvgIpc) is 2.56. The van der Waals surface area contributed by atoms with E-state index in [-0.39, 0.29) is 17.8 Å². The normalized spacial score (nSPS) is 16.0. The second-order valence-electron chi connectivity index (χ2n) is 5.52. The molecule has 2 aromatic carbocycles. The van der Waals surface area contributed by atoms with Crippen molar-refractivity contribution in [2.75, 3.05) is 5.32 Å². The summed E-state index contributed by atoms with van der Waals surface area (Å²) in [5, 5.41) is 13.6. The summed E-state index contributed by atoms with van der Waals surface area (Å²) in [6.07, 6.45) is -0.791. The number of hydrogen-bond acceptors (Lipinski definition) is 5. The first-order valence-electron chi connectivity index (χ1n) is 7.30. The molecule has 3 rings (SSSR count). The van der Waals surface area contributed by atoms with Gasteiger partial charge in [-0.3, -0.25) is 14.9 Å². The number of anilines is 1. The molecule has 1 N–H and O–H groups in total. The van der Waals surface area contributed by atoms with Crippen LogP contribution < -0.4 is 5.32 Å². The second kappa shape index (κ2) is 6.11. The van der Waals surface area contributed by atoms with Crippen molar-refractivity contribution < 1.29 is 19.2 Å². The number of benzene rings is 2. The van der Waals surface area contributed by atoms with Gasteiger partial charge in [0.15, 0.2) is 6.10 Å². The number of nitro groups is 1. The van der Waals surface area contributed by atoms with Crippen LogP contribution in [0.15, 0.2) is 42.5 Å². The summed E-state index contributed by atoms with van der Waals surface area (Å²) in [6, 6.07) is 11.4. The Balaban J connectivity index is 1.82. The number of fused-ring (bicyclic) bond motifs is 1. The zero-order valence-corrected chi connectivity index (χ0v) is 12.8. The highest BCUT2D eigenvalue weighted by atomic mass is 16.6. The molecule has 0 fully saturated rings. The smallest absolute Gasteiger partial charge is 0.339 e. The summed E-state index contributed by atoms with van der Waals surface area (Å²) in [6.45, 7) is 1.72. The van der Waals surface area contributed by atoms with Gasteiger partial charge in [0.05, 0.1) is 10.5 Å². The highest BCUT2D eigenvalue weighted by molar-refractivity contribution is 6.01. The third kappa shape index (κ3) is 2.96. The molecule has 122 valence electrons. The SMILES string of the molecule is Cc1ccc(NC(=O)C2Cc3ccccc3C(=O)O2)c([N+](=O)[O-])c1. The van der Waals surface area contributed by atoms with E-state index >= 15 is 0 Å². The first-order valence-corrected chi connectivity index (χ1v) is 7.30. The quantitative estimate of drug-likeness (QED) is 0.531. The Morgan fingerprint density at radius 2 is 2.04 bits per heavy atom. The summed E-state index contributed by atoms with van der Waals surface area (Å²) in [5.74, 6) is -1.17. The van der Waals surface area contributed by atoms with Crippen LogP contribution in [0.25, 0.3) is 0 Å². The summed E-state index contributed by atoms with van der Waals surface area (Å²) < 4.78 is 5.15. The Hall–Kier alpha value is -3.22. The van der Waals surface area contributed by atoms with Crippen molar-refractivity contribution in [2.45, 2.75) is 19.4 Å². The third-order valence-electron chi connectivity index (χ3n) is 3.79. The molecule has 1 amide bonds. The van der Waals surface area contributed by atoms with E-state index in [1.807, 2.05) is 0 Å². The number of carbonyl (C=O) groups excluding carboxylic acids is 2. The lowest BCUT2D eigenvalue weighted by Gasteiger charge is -2.23. The van der Waals surface area contributed by atoms with E-state index in [4.69, 9.17) is 4.74 Å². The highest BCUT2D eigenvalue weighted by Crippen LogP contribution is 2.27. The number of nitrogens with zero attached hydrogens (tertiary/aromatic N) is 1. The lowest BCUT2D eigenvalue weighted by molar-refractivity contribution is -0.384. The summed E-state index contributed by atoms with van der Waals surface area (Å²) in [4.78, 5) is 34.9. The number of rotatable bonds is 3. The van der Waals surface area contributed by atoms with Crippen LogP contribution in [-0.4, -0.2) is 22.9 Å². The molecular formula is C17H14N2O5. The number of nitrogens with one attached hydrogen (secondary N) is 1. The fraction of sp³-hybridized carbons (Fsp3) is 0.176. The number of nitro benzene ring substituents is 1. The highest BCUT2D eigenvalue weighted by Gasteiger charge is 2.32. The first-order chi connectivity index (χ1) is 11.5. The van der Waals surface area contributed by atoms with Gasteiger partial charge < -0.3 is 10.1 Å². The van der Waals surface area contributed by atoms with Crippen molar-refractivity contribution in [1.29, 1.82) is 0 Å². The molecule has 0 bridgehead atoms. The molecule has 1 atom stereocenters. The number of cyclic esters (lactones) is 1. The molecule has 0 aliphatic carbocycles. The Bertz CT molecular complexity index is 847. The summed E-state index contributed by atoms with van der Waals surface area (Å²) in [7, 11) is 0. The Labute approximate surface area is 137 Å². The third-order valence-corrected chi connectivity index (χ3v) is 3.79. The minimum Gasteiger partial charge on any atom is -0.448 e. The molecule has 1 unspecified atom stereocenters. The predicted molar refractivity (Wildman–Crippen MR) is 85.8 cm³/mol. The van der Waals surface area contributed by atoms with Gasteiger partial charge in [-0.2, -0.15) is 0 Å². The number of amides is 1. The molecule has 0 aromatic heterocycles. The molecule has 1 aliphatic heterocycles. The number of carbonyl (C=O) groups is 2. The van der Waals surface area contributed by atoms with Crippen molar-refractivity contribution in [3.05, 3.63) is 69.3 Å². The average molecular weight is 326 g/mol. The van der Waals surface area contributed by atoms with E-state index < -0.39 is 22.9 Å². The van der Waals surface area contributed by atoms with E-state index in [1.54, 1.807) is 37.3 Å². The van der Waals surface area contributed by atoms with Crippen molar-refractivity contribution in [3.63, 3.8) is 0 Å². The number of esters is 1. The van der Waals surface area contributed by atoms with Crippen LogP contribution in [0.1, 0.15) is 21.5 Å². The minimum absolute atomic E-state index is 0.0745. The zero-order valence-electron chi connectivity index (χ0n) is 12.8. The van der Waals surface area contributed by atoms with E-state index in [0.717, 1.165) is 0 Å². The molecule has 2 aromatic rings. The molecule has 7 heteroatoms. The molecule has 0 saturated heterocycles. The Morgan fingerprint density at radius 1 is 1.29 bits per heavy atom. The van der Waals surface area contributed by atoms with Crippen LogP contribution in [0.5, 0.6) is 0 Å². The molecule has 24 heavy (non-hydrogen) atoms. The van der Waals surface area contributed by atoms with Gasteiger partial charge >= 0.3 is 5.97 Å². The van der Waals surface area contributed by atoms with Crippen LogP contribution in [0, 0.1) is 17.0 Å². The van der Waals surface area contributed by atoms with E-state index in [1.165, 1.54) is 12.1 Å². The second-order valence-corrected chi connectivity index (χ2v) is 5.52. The topological polar surface area (TPSA) is 98.5 Å². The fourth-order valence-corrected chi connectivity index (χ4v) is 2.59. The molecule has 7 nitrogen and oxygen atoms in total. The standard InChI is InChI=1S/C17H14N2O5/c1-10-6-7-13(14(8-10)19(22)23)18-16(20)15-9-11-4-2-3-5-12(11)17(21)24-15/h2-8,15H,9H2,1H3,(H,18,20). The van der Waals surface area contributed by atoms with Crippen LogP contribution in [0.2, 0.25) is 0 Å². The summed E-state index contributed by atoms with van der Waals surface area (Å²) >= 11 is 0. The van der Waals surface area contributed by atoms with Gasteiger partial charge in [0, 0.05) is 12.5 Å².